The summed E-state index contributed by atoms with van der Waals surface area (Å²) in [7, 11) is 0. The van der Waals surface area contributed by atoms with Gasteiger partial charge in [-0.05, 0) is 6.42 Å². The van der Waals surface area contributed by atoms with Gasteiger partial charge in [-0.25, -0.2) is 4.79 Å². The van der Waals surface area contributed by atoms with Crippen molar-refractivity contribution in [3.63, 3.8) is 0 Å². The van der Waals surface area contributed by atoms with Crippen molar-refractivity contribution >= 4 is 11.9 Å². The van der Waals surface area contributed by atoms with E-state index in [0.717, 1.165) is 19.3 Å². The van der Waals surface area contributed by atoms with Crippen molar-refractivity contribution in [3.05, 3.63) is 11.5 Å². The Hall–Kier alpha value is -1.96. The third-order valence-corrected chi connectivity index (χ3v) is 6.75. The molecule has 0 amide bonds. The monoisotopic (exact) mass is 548 g/mol. The Bertz CT molecular complexity index is 757. The maximum absolute atomic E-state index is 12.1. The number of hydrogen-bond donors (Lipinski definition) is 6. The molecule has 2 rings (SSSR count). The standard InChI is InChI=1S/C26H44O12/c1-2-3-4-5-6-7-8-9-10-11-12-13-18(29)35-15-17-19(30)20(31)21(32)26(36-17)38-24-22(33)23(16(28)14-27)37-25(24)34/h16-17,19-21,23,26-28,30-33H,2-15H2,1H3/t16-,17+,19+,20-,21+,23+,26?/m0/s1. The summed E-state index contributed by atoms with van der Waals surface area (Å²) in [5, 5.41) is 59.4. The Morgan fingerprint density at radius 1 is 0.921 bits per heavy atom. The Kier molecular flexibility index (Phi) is 14.3. The minimum atomic E-state index is -1.83. The molecule has 1 unspecified atom stereocenters. The first-order valence-electron chi connectivity index (χ1n) is 13.7. The van der Waals surface area contributed by atoms with Crippen LogP contribution in [0.3, 0.4) is 0 Å². The molecule has 0 aliphatic carbocycles. The van der Waals surface area contributed by atoms with Gasteiger partial charge in [-0.3, -0.25) is 4.79 Å². The molecule has 2 heterocycles. The lowest BCUT2D eigenvalue weighted by Gasteiger charge is -2.39. The highest BCUT2D eigenvalue weighted by Crippen LogP contribution is 2.29. The molecule has 1 fully saturated rings. The zero-order valence-corrected chi connectivity index (χ0v) is 22.1. The molecule has 7 atom stereocenters. The molecule has 1 saturated heterocycles. The largest absolute Gasteiger partial charge is 0.505 e. The number of carbonyl (C=O) groups is 2. The van der Waals surface area contributed by atoms with Crippen molar-refractivity contribution in [1.82, 2.24) is 0 Å². The zero-order valence-electron chi connectivity index (χ0n) is 22.1. The quantitative estimate of drug-likeness (QED) is 0.106. The summed E-state index contributed by atoms with van der Waals surface area (Å²) in [4.78, 5) is 24.1. The summed E-state index contributed by atoms with van der Waals surface area (Å²) in [6, 6.07) is 0. The molecule has 12 nitrogen and oxygen atoms in total. The van der Waals surface area contributed by atoms with Crippen molar-refractivity contribution in [2.75, 3.05) is 13.2 Å². The fourth-order valence-corrected chi connectivity index (χ4v) is 4.37. The van der Waals surface area contributed by atoms with Gasteiger partial charge in [0.05, 0.1) is 6.61 Å². The predicted molar refractivity (Wildman–Crippen MR) is 132 cm³/mol. The van der Waals surface area contributed by atoms with Gasteiger partial charge in [-0.2, -0.15) is 0 Å². The van der Waals surface area contributed by atoms with Gasteiger partial charge in [0.2, 0.25) is 12.0 Å². The molecule has 0 radical (unpaired) electrons. The lowest BCUT2D eigenvalue weighted by molar-refractivity contribution is -0.292. The molecule has 38 heavy (non-hydrogen) atoms. The Morgan fingerprint density at radius 2 is 1.50 bits per heavy atom. The lowest BCUT2D eigenvalue weighted by Crippen LogP contribution is -2.59. The smallest absolute Gasteiger partial charge is 0.378 e. The number of carbonyl (C=O) groups excluding carboxylic acids is 2. The van der Waals surface area contributed by atoms with E-state index in [9.17, 15) is 35.1 Å². The number of hydrogen-bond acceptors (Lipinski definition) is 12. The van der Waals surface area contributed by atoms with Gasteiger partial charge in [-0.1, -0.05) is 71.1 Å². The molecule has 0 spiro atoms. The SMILES string of the molecule is CCCCCCCCCCCCCC(=O)OC[C@H]1OC(OC2=C(O)[C@@H]([C@@H](O)CO)OC2=O)[C@H](O)[C@@H](O)[C@@H]1O. The van der Waals surface area contributed by atoms with Gasteiger partial charge in [0, 0.05) is 6.42 Å². The van der Waals surface area contributed by atoms with Crippen LogP contribution in [0.5, 0.6) is 0 Å². The van der Waals surface area contributed by atoms with Crippen LogP contribution < -0.4 is 0 Å². The molecule has 0 saturated carbocycles. The molecule has 0 aromatic carbocycles. The summed E-state index contributed by atoms with van der Waals surface area (Å²) in [6.07, 6.45) is 1.32. The third kappa shape index (κ3) is 9.65. The first-order chi connectivity index (χ1) is 18.2. The van der Waals surface area contributed by atoms with Crippen molar-refractivity contribution < 1.29 is 59.2 Å². The topological polar surface area (TPSA) is 192 Å². The van der Waals surface area contributed by atoms with E-state index < -0.39 is 79.6 Å². The van der Waals surface area contributed by atoms with E-state index in [1.165, 1.54) is 44.9 Å². The highest BCUT2D eigenvalue weighted by atomic mass is 16.7. The van der Waals surface area contributed by atoms with E-state index in [4.69, 9.17) is 24.1 Å². The highest BCUT2D eigenvalue weighted by molar-refractivity contribution is 5.89. The normalized spacial score (nSPS) is 28.3. The van der Waals surface area contributed by atoms with Gasteiger partial charge in [0.25, 0.3) is 0 Å². The summed E-state index contributed by atoms with van der Waals surface area (Å²) < 4.78 is 20.5. The molecule has 0 aromatic rings. The average molecular weight is 549 g/mol. The van der Waals surface area contributed by atoms with Gasteiger partial charge in [0.1, 0.15) is 37.1 Å². The van der Waals surface area contributed by atoms with Crippen molar-refractivity contribution in [2.45, 2.75) is 127 Å². The fraction of sp³-hybridized carbons (Fsp3) is 0.846. The van der Waals surface area contributed by atoms with Crippen LogP contribution in [-0.4, -0.2) is 98.7 Å². The molecular weight excluding hydrogens is 504 g/mol. The van der Waals surface area contributed by atoms with Gasteiger partial charge in [-0.15, -0.1) is 0 Å². The summed E-state index contributed by atoms with van der Waals surface area (Å²) in [6.45, 7) is 0.953. The van der Waals surface area contributed by atoms with E-state index in [2.05, 4.69) is 6.92 Å². The Labute approximate surface area is 223 Å². The van der Waals surface area contributed by atoms with E-state index in [-0.39, 0.29) is 6.42 Å². The van der Waals surface area contributed by atoms with Gasteiger partial charge < -0.3 is 49.6 Å². The molecule has 12 heteroatoms. The molecule has 0 bridgehead atoms. The van der Waals surface area contributed by atoms with Gasteiger partial charge in [0.15, 0.2) is 11.9 Å². The minimum Gasteiger partial charge on any atom is -0.505 e. The van der Waals surface area contributed by atoms with Crippen LogP contribution in [0.4, 0.5) is 0 Å². The molecule has 2 aliphatic rings. The fourth-order valence-electron chi connectivity index (χ4n) is 4.37. The van der Waals surface area contributed by atoms with Crippen molar-refractivity contribution in [3.8, 4) is 0 Å². The molecule has 0 aromatic heterocycles. The van der Waals surface area contributed by atoms with Crippen LogP contribution in [-0.2, 0) is 28.5 Å². The number of rotatable bonds is 18. The Morgan fingerprint density at radius 3 is 2.08 bits per heavy atom. The number of aliphatic hydroxyl groups is 6. The summed E-state index contributed by atoms with van der Waals surface area (Å²) in [5.41, 5.74) is 0. The zero-order chi connectivity index (χ0) is 28.1. The van der Waals surface area contributed by atoms with Gasteiger partial charge >= 0.3 is 11.9 Å². The summed E-state index contributed by atoms with van der Waals surface area (Å²) in [5.74, 6) is -3.31. The molecule has 2 aliphatic heterocycles. The number of aliphatic hydroxyl groups excluding tert-OH is 6. The second-order valence-corrected chi connectivity index (χ2v) is 9.89. The van der Waals surface area contributed by atoms with Crippen molar-refractivity contribution in [1.29, 1.82) is 0 Å². The predicted octanol–water partition coefficient (Wildman–Crippen LogP) is 1.10. The van der Waals surface area contributed by atoms with E-state index in [1.807, 2.05) is 0 Å². The Balaban J connectivity index is 1.72. The summed E-state index contributed by atoms with van der Waals surface area (Å²) >= 11 is 0. The van der Waals surface area contributed by atoms with E-state index >= 15 is 0 Å². The van der Waals surface area contributed by atoms with Crippen LogP contribution in [0.2, 0.25) is 0 Å². The maximum Gasteiger partial charge on any atom is 0.378 e. The highest BCUT2D eigenvalue weighted by Gasteiger charge is 2.48. The van der Waals surface area contributed by atoms with E-state index in [1.54, 1.807) is 0 Å². The van der Waals surface area contributed by atoms with Crippen LogP contribution in [0.1, 0.15) is 84.0 Å². The number of esters is 2. The minimum absolute atomic E-state index is 0.187. The third-order valence-electron chi connectivity index (χ3n) is 6.75. The molecule has 6 N–H and O–H groups in total. The van der Waals surface area contributed by atoms with E-state index in [0.29, 0.717) is 6.42 Å². The lowest BCUT2D eigenvalue weighted by atomic mass is 9.99. The maximum atomic E-state index is 12.1. The number of unbranched alkanes of at least 4 members (excludes halogenated alkanes) is 10. The number of cyclic esters (lactones) is 1. The second kappa shape index (κ2) is 16.9. The van der Waals surface area contributed by atoms with Crippen LogP contribution >= 0.6 is 0 Å². The first kappa shape index (κ1) is 32.3. The van der Waals surface area contributed by atoms with Crippen LogP contribution in [0.15, 0.2) is 11.5 Å². The van der Waals surface area contributed by atoms with Crippen LogP contribution in [0.25, 0.3) is 0 Å². The molecular formula is C26H44O12. The van der Waals surface area contributed by atoms with Crippen molar-refractivity contribution in [2.24, 2.45) is 0 Å². The molecule has 220 valence electrons. The number of ether oxygens (including phenoxy) is 4. The first-order valence-corrected chi connectivity index (χ1v) is 13.7. The average Bonchev–Trinajstić information content (AvgIpc) is 3.19. The second-order valence-electron chi connectivity index (χ2n) is 9.89. The van der Waals surface area contributed by atoms with Crippen LogP contribution in [0, 0.1) is 0 Å².